The quantitative estimate of drug-likeness (QED) is 0.253. The molecule has 6 nitrogen and oxygen atoms in total. The van der Waals surface area contributed by atoms with Crippen LogP contribution in [-0.2, 0) is 11.4 Å². The summed E-state index contributed by atoms with van der Waals surface area (Å²) in [6.07, 6.45) is 1.82. The Labute approximate surface area is 219 Å². The number of hydrogen-bond acceptors (Lipinski definition) is 5. The molecule has 3 aromatic carbocycles. The topological polar surface area (TPSA) is 79.2 Å². The van der Waals surface area contributed by atoms with Crippen LogP contribution in [0.3, 0.4) is 0 Å². The molecule has 4 rings (SSSR count). The molecule has 0 aliphatic carbocycles. The number of carbonyl (C=O) groups is 2. The van der Waals surface area contributed by atoms with Gasteiger partial charge < -0.3 is 9.84 Å². The Balaban J connectivity index is 1.48. The highest BCUT2D eigenvalue weighted by Gasteiger charge is 2.32. The number of hydrogen-bond donors (Lipinski definition) is 1. The van der Waals surface area contributed by atoms with Crippen molar-refractivity contribution in [3.05, 3.63) is 97.7 Å². The lowest BCUT2D eigenvalue weighted by atomic mass is 10.1. The zero-order chi connectivity index (χ0) is 24.9. The van der Waals surface area contributed by atoms with Crippen LogP contribution in [0.1, 0.15) is 28.4 Å². The fourth-order valence-electron chi connectivity index (χ4n) is 3.28. The van der Waals surface area contributed by atoms with E-state index in [1.54, 1.807) is 41.3 Å². The molecule has 0 radical (unpaired) electrons. The molecular weight excluding hydrogens is 582 g/mol. The minimum Gasteiger partial charge on any atom is -0.488 e. The monoisotopic (exact) mass is 602 g/mol. The van der Waals surface area contributed by atoms with Crippen molar-refractivity contribution in [2.45, 2.75) is 13.5 Å². The molecule has 3 aromatic rings. The van der Waals surface area contributed by atoms with Crippen LogP contribution >= 0.6 is 34.4 Å². The zero-order valence-corrected chi connectivity index (χ0v) is 21.5. The van der Waals surface area contributed by atoms with Crippen LogP contribution in [0.4, 0.5) is 10.1 Å². The predicted octanol–water partition coefficient (Wildman–Crippen LogP) is 6.33. The second-order valence-corrected chi connectivity index (χ2v) is 9.68. The first-order valence-corrected chi connectivity index (χ1v) is 12.5. The molecule has 9 heteroatoms. The van der Waals surface area contributed by atoms with Gasteiger partial charge in [-0.05, 0) is 107 Å². The van der Waals surface area contributed by atoms with E-state index in [0.29, 0.717) is 34.7 Å². The number of ether oxygens (including phenoxy) is 1. The SMILES string of the molecule is CCN1C(=O)/C(=C\c2ccc(OCc3ccc(C(=O)O)cc3)c(I)c2)SC1=Nc1ccc(F)cc1. The summed E-state index contributed by atoms with van der Waals surface area (Å²) in [5.41, 5.74) is 2.52. The lowest BCUT2D eigenvalue weighted by molar-refractivity contribution is -0.122. The third-order valence-corrected chi connectivity index (χ3v) is 6.95. The van der Waals surface area contributed by atoms with Gasteiger partial charge in [0.15, 0.2) is 5.17 Å². The van der Waals surface area contributed by atoms with Crippen molar-refractivity contribution >= 4 is 63.2 Å². The lowest BCUT2D eigenvalue weighted by Gasteiger charge is -2.12. The van der Waals surface area contributed by atoms with Crippen molar-refractivity contribution in [1.29, 1.82) is 0 Å². The van der Waals surface area contributed by atoms with E-state index in [9.17, 15) is 14.0 Å². The van der Waals surface area contributed by atoms with Crippen LogP contribution in [0.2, 0.25) is 0 Å². The first-order valence-electron chi connectivity index (χ1n) is 10.6. The Morgan fingerprint density at radius 3 is 2.49 bits per heavy atom. The summed E-state index contributed by atoms with van der Waals surface area (Å²) in [4.78, 5) is 30.5. The lowest BCUT2D eigenvalue weighted by Crippen LogP contribution is -2.28. The number of carboxylic acid groups (broad SMARTS) is 1. The number of likely N-dealkylation sites (N-methyl/N-ethyl adjacent to an activating group) is 1. The summed E-state index contributed by atoms with van der Waals surface area (Å²) in [5.74, 6) is -0.741. The van der Waals surface area contributed by atoms with Gasteiger partial charge in [0.2, 0.25) is 0 Å². The molecule has 1 N–H and O–H groups in total. The summed E-state index contributed by atoms with van der Waals surface area (Å²) in [5, 5.41) is 9.56. The molecule has 0 bridgehead atoms. The smallest absolute Gasteiger partial charge is 0.335 e. The number of aliphatic imine (C=N–C) groups is 1. The summed E-state index contributed by atoms with van der Waals surface area (Å²) in [7, 11) is 0. The first kappa shape index (κ1) is 24.9. The van der Waals surface area contributed by atoms with Crippen LogP contribution in [0.15, 0.2) is 76.6 Å². The maximum Gasteiger partial charge on any atom is 0.335 e. The maximum atomic E-state index is 13.2. The molecule has 178 valence electrons. The molecule has 35 heavy (non-hydrogen) atoms. The van der Waals surface area contributed by atoms with Crippen molar-refractivity contribution in [1.82, 2.24) is 4.90 Å². The summed E-state index contributed by atoms with van der Waals surface area (Å²) in [6, 6.07) is 18.0. The van der Waals surface area contributed by atoms with Gasteiger partial charge in [0.1, 0.15) is 18.2 Å². The molecule has 0 atom stereocenters. The van der Waals surface area contributed by atoms with Gasteiger partial charge >= 0.3 is 5.97 Å². The van der Waals surface area contributed by atoms with Crippen molar-refractivity contribution in [3.8, 4) is 5.75 Å². The van der Waals surface area contributed by atoms with Gasteiger partial charge in [0, 0.05) is 6.54 Å². The van der Waals surface area contributed by atoms with Gasteiger partial charge in [-0.3, -0.25) is 9.69 Å². The predicted molar refractivity (Wildman–Crippen MR) is 143 cm³/mol. The van der Waals surface area contributed by atoms with Gasteiger partial charge in [-0.15, -0.1) is 0 Å². The molecule has 0 spiro atoms. The Morgan fingerprint density at radius 2 is 1.86 bits per heavy atom. The Morgan fingerprint density at radius 1 is 1.14 bits per heavy atom. The van der Waals surface area contributed by atoms with E-state index in [0.717, 1.165) is 14.7 Å². The zero-order valence-electron chi connectivity index (χ0n) is 18.6. The van der Waals surface area contributed by atoms with Crippen LogP contribution in [0, 0.1) is 9.39 Å². The Kier molecular flexibility index (Phi) is 7.86. The average Bonchev–Trinajstić information content (AvgIpc) is 3.13. The normalized spacial score (nSPS) is 15.7. The standard InChI is InChI=1S/C26H20FIN2O4S/c1-2-30-24(31)23(35-26(30)29-20-10-8-19(27)9-11-20)14-17-5-12-22(21(28)13-17)34-15-16-3-6-18(7-4-16)25(32)33/h3-14H,2,15H2,1H3,(H,32,33)/b23-14+,29-26?. The van der Waals surface area contributed by atoms with Gasteiger partial charge in [-0.1, -0.05) is 18.2 Å². The van der Waals surface area contributed by atoms with Gasteiger partial charge in [0.25, 0.3) is 5.91 Å². The van der Waals surface area contributed by atoms with E-state index < -0.39 is 5.97 Å². The van der Waals surface area contributed by atoms with E-state index in [-0.39, 0.29) is 17.3 Å². The van der Waals surface area contributed by atoms with E-state index >= 15 is 0 Å². The van der Waals surface area contributed by atoms with Gasteiger partial charge in [-0.2, -0.15) is 0 Å². The van der Waals surface area contributed by atoms with Crippen molar-refractivity contribution in [3.63, 3.8) is 0 Å². The number of rotatable bonds is 7. The maximum absolute atomic E-state index is 13.2. The first-order chi connectivity index (χ1) is 16.8. The molecule has 1 saturated heterocycles. The minimum atomic E-state index is -0.966. The molecule has 0 aromatic heterocycles. The minimum absolute atomic E-state index is 0.126. The second kappa shape index (κ2) is 11.0. The fourth-order valence-corrected chi connectivity index (χ4v) is 5.03. The van der Waals surface area contributed by atoms with Crippen LogP contribution < -0.4 is 4.74 Å². The molecular formula is C26H20FIN2O4S. The summed E-state index contributed by atoms with van der Waals surface area (Å²) >= 11 is 3.46. The highest BCUT2D eigenvalue weighted by Crippen LogP contribution is 2.34. The highest BCUT2D eigenvalue weighted by molar-refractivity contribution is 14.1. The third kappa shape index (κ3) is 6.09. The number of aromatic carboxylic acids is 1. The molecule has 0 saturated carbocycles. The third-order valence-electron chi connectivity index (χ3n) is 5.10. The number of carboxylic acids is 1. The van der Waals surface area contributed by atoms with Crippen molar-refractivity contribution < 1.29 is 23.8 Å². The Bertz CT molecular complexity index is 1320. The molecule has 0 unspecified atom stereocenters. The highest BCUT2D eigenvalue weighted by atomic mass is 127. The number of nitrogens with zero attached hydrogens (tertiary/aromatic N) is 2. The average molecular weight is 602 g/mol. The Hall–Kier alpha value is -3.18. The number of thioether (sulfide) groups is 1. The van der Waals surface area contributed by atoms with Crippen LogP contribution in [0.5, 0.6) is 5.75 Å². The molecule has 1 fully saturated rings. The van der Waals surface area contributed by atoms with Crippen molar-refractivity contribution in [2.75, 3.05) is 6.54 Å². The molecule has 1 aliphatic rings. The van der Waals surface area contributed by atoms with E-state index in [1.165, 1.54) is 23.9 Å². The molecule has 1 heterocycles. The summed E-state index contributed by atoms with van der Waals surface area (Å²) < 4.78 is 20.0. The van der Waals surface area contributed by atoms with Crippen LogP contribution in [0.25, 0.3) is 6.08 Å². The number of benzene rings is 3. The van der Waals surface area contributed by atoms with Gasteiger partial charge in [-0.25, -0.2) is 14.2 Å². The number of carbonyl (C=O) groups excluding carboxylic acids is 1. The van der Waals surface area contributed by atoms with E-state index in [4.69, 9.17) is 9.84 Å². The summed E-state index contributed by atoms with van der Waals surface area (Å²) in [6.45, 7) is 2.66. The van der Waals surface area contributed by atoms with E-state index in [1.807, 2.05) is 31.2 Å². The van der Waals surface area contributed by atoms with Crippen molar-refractivity contribution in [2.24, 2.45) is 4.99 Å². The van der Waals surface area contributed by atoms with E-state index in [2.05, 4.69) is 27.6 Å². The largest absolute Gasteiger partial charge is 0.488 e. The second-order valence-electron chi connectivity index (χ2n) is 7.51. The number of amidine groups is 1. The molecule has 1 aliphatic heterocycles. The van der Waals surface area contributed by atoms with Crippen LogP contribution in [-0.4, -0.2) is 33.6 Å². The van der Waals surface area contributed by atoms with Gasteiger partial charge in [0.05, 0.1) is 19.7 Å². The fraction of sp³-hybridized carbons (Fsp3) is 0.115. The number of halogens is 2. The molecule has 1 amide bonds. The number of amides is 1.